The summed E-state index contributed by atoms with van der Waals surface area (Å²) >= 11 is 0. The topological polar surface area (TPSA) is 95.0 Å². The second-order valence-corrected chi connectivity index (χ2v) is 8.62. The zero-order valence-electron chi connectivity index (χ0n) is 14.1. The van der Waals surface area contributed by atoms with Crippen molar-refractivity contribution in [1.29, 1.82) is 0 Å². The number of piperazine rings is 1. The zero-order chi connectivity index (χ0) is 18.2. The minimum absolute atomic E-state index is 0.0251. The number of hydrogen-bond donors (Lipinski definition) is 1. The molecule has 2 fully saturated rings. The molecule has 1 aromatic rings. The molecule has 1 N–H and O–H groups in total. The molecule has 0 spiro atoms. The first-order valence-corrected chi connectivity index (χ1v) is 9.82. The maximum Gasteiger partial charge on any atom is 0.323 e. The lowest BCUT2D eigenvalue weighted by Gasteiger charge is -2.38. The van der Waals surface area contributed by atoms with Crippen LogP contribution in [-0.2, 0) is 26.0 Å². The Morgan fingerprint density at radius 3 is 2.32 bits per heavy atom. The summed E-state index contributed by atoms with van der Waals surface area (Å²) in [5, 5.41) is 9.42. The molecule has 1 atom stereocenters. The Bertz CT molecular complexity index is 771. The summed E-state index contributed by atoms with van der Waals surface area (Å²) in [5.41, 5.74) is 1.10. The van der Waals surface area contributed by atoms with E-state index < -0.39 is 22.0 Å². The lowest BCUT2D eigenvalue weighted by atomic mass is 10.1. The first-order valence-electron chi connectivity index (χ1n) is 8.38. The van der Waals surface area contributed by atoms with E-state index in [0.717, 1.165) is 16.3 Å². The van der Waals surface area contributed by atoms with E-state index in [9.17, 15) is 23.1 Å². The fourth-order valence-electron chi connectivity index (χ4n) is 3.13. The second-order valence-electron chi connectivity index (χ2n) is 6.73. The van der Waals surface area contributed by atoms with Gasteiger partial charge in [0.05, 0.1) is 4.90 Å². The molecule has 8 heteroatoms. The summed E-state index contributed by atoms with van der Waals surface area (Å²) in [6.07, 6.45) is 3.40. The second kappa shape index (κ2) is 6.76. The standard InChI is InChI=1S/C17H22N2O5S/c1-12(20)18-8-9-19(16(11-18)17(21)22)25(23,24)15-6-4-14(5-7-15)10-13-2-3-13/h4-7,13,16H,2-3,8-11H2,1H3,(H,21,22)/t16-/m1/s1. The van der Waals surface area contributed by atoms with Crippen molar-refractivity contribution in [3.63, 3.8) is 0 Å². The van der Waals surface area contributed by atoms with Gasteiger partial charge in [-0.25, -0.2) is 8.42 Å². The molecule has 0 bridgehead atoms. The first kappa shape index (κ1) is 17.9. The number of aliphatic carboxylic acids is 1. The van der Waals surface area contributed by atoms with Crippen LogP contribution >= 0.6 is 0 Å². The van der Waals surface area contributed by atoms with Gasteiger partial charge in [-0.3, -0.25) is 9.59 Å². The van der Waals surface area contributed by atoms with E-state index in [2.05, 4.69) is 0 Å². The van der Waals surface area contributed by atoms with E-state index in [4.69, 9.17) is 0 Å². The average Bonchev–Trinajstić information content (AvgIpc) is 3.38. The van der Waals surface area contributed by atoms with Crippen LogP contribution in [0.4, 0.5) is 0 Å². The summed E-state index contributed by atoms with van der Waals surface area (Å²) in [6, 6.07) is 5.42. The Balaban J connectivity index is 1.82. The van der Waals surface area contributed by atoms with Gasteiger partial charge in [0.2, 0.25) is 15.9 Å². The van der Waals surface area contributed by atoms with Crippen LogP contribution in [0.5, 0.6) is 0 Å². The average molecular weight is 366 g/mol. The van der Waals surface area contributed by atoms with E-state index in [1.165, 1.54) is 24.7 Å². The van der Waals surface area contributed by atoms with Crippen LogP contribution in [0.15, 0.2) is 29.2 Å². The van der Waals surface area contributed by atoms with Crippen LogP contribution in [0, 0.1) is 5.92 Å². The Hall–Kier alpha value is -1.93. The Morgan fingerprint density at radius 1 is 1.16 bits per heavy atom. The van der Waals surface area contributed by atoms with Crippen molar-refractivity contribution in [2.75, 3.05) is 19.6 Å². The molecule has 1 heterocycles. The van der Waals surface area contributed by atoms with Gasteiger partial charge < -0.3 is 10.0 Å². The summed E-state index contributed by atoms with van der Waals surface area (Å²) in [7, 11) is -3.92. The van der Waals surface area contributed by atoms with Gasteiger partial charge in [0.15, 0.2) is 0 Å². The number of amides is 1. The van der Waals surface area contributed by atoms with E-state index in [-0.39, 0.29) is 30.4 Å². The third-order valence-corrected chi connectivity index (χ3v) is 6.74. The Kier molecular flexibility index (Phi) is 4.83. The number of carboxylic acids is 1. The van der Waals surface area contributed by atoms with Crippen LogP contribution in [0.1, 0.15) is 25.3 Å². The van der Waals surface area contributed by atoms with Gasteiger partial charge in [0.1, 0.15) is 6.04 Å². The van der Waals surface area contributed by atoms with Crippen LogP contribution in [-0.4, -0.2) is 60.3 Å². The summed E-state index contributed by atoms with van der Waals surface area (Å²) < 4.78 is 26.8. The van der Waals surface area contributed by atoms with Crippen LogP contribution < -0.4 is 0 Å². The largest absolute Gasteiger partial charge is 0.480 e. The lowest BCUT2D eigenvalue weighted by Crippen LogP contribution is -2.58. The van der Waals surface area contributed by atoms with E-state index in [1.807, 2.05) is 0 Å². The molecular formula is C17H22N2O5S. The molecule has 1 saturated heterocycles. The van der Waals surface area contributed by atoms with Crippen molar-refractivity contribution >= 4 is 21.9 Å². The van der Waals surface area contributed by atoms with E-state index in [0.29, 0.717) is 5.92 Å². The predicted molar refractivity (Wildman–Crippen MR) is 90.4 cm³/mol. The molecule has 3 rings (SSSR count). The van der Waals surface area contributed by atoms with Crippen LogP contribution in [0.25, 0.3) is 0 Å². The highest BCUT2D eigenvalue weighted by atomic mass is 32.2. The lowest BCUT2D eigenvalue weighted by molar-refractivity contribution is -0.145. The number of hydrogen-bond acceptors (Lipinski definition) is 4. The molecule has 7 nitrogen and oxygen atoms in total. The third kappa shape index (κ3) is 3.85. The Labute approximate surface area is 147 Å². The quantitative estimate of drug-likeness (QED) is 0.837. The molecule has 0 aromatic heterocycles. The van der Waals surface area contributed by atoms with Gasteiger partial charge >= 0.3 is 5.97 Å². The van der Waals surface area contributed by atoms with Crippen LogP contribution in [0.2, 0.25) is 0 Å². The fourth-order valence-corrected chi connectivity index (χ4v) is 4.69. The summed E-state index contributed by atoms with van der Waals surface area (Å²) in [6.45, 7) is 1.38. The first-order chi connectivity index (χ1) is 11.8. The normalized spacial score (nSPS) is 22.0. The van der Waals surface area contributed by atoms with Gasteiger partial charge in [0.25, 0.3) is 0 Å². The zero-order valence-corrected chi connectivity index (χ0v) is 14.9. The van der Waals surface area contributed by atoms with Gasteiger partial charge in [-0.15, -0.1) is 0 Å². The van der Waals surface area contributed by atoms with Gasteiger partial charge in [-0.05, 0) is 42.9 Å². The number of carboxylic acid groups (broad SMARTS) is 1. The monoisotopic (exact) mass is 366 g/mol. The molecule has 1 amide bonds. The number of sulfonamides is 1. The molecular weight excluding hydrogens is 344 g/mol. The van der Waals surface area contributed by atoms with Crippen molar-refractivity contribution in [2.24, 2.45) is 5.92 Å². The molecule has 0 unspecified atom stereocenters. The third-order valence-electron chi connectivity index (χ3n) is 4.81. The Morgan fingerprint density at radius 2 is 1.80 bits per heavy atom. The molecule has 1 aromatic carbocycles. The molecule has 0 radical (unpaired) electrons. The van der Waals surface area contributed by atoms with Crippen LogP contribution in [0.3, 0.4) is 0 Å². The number of carbonyl (C=O) groups excluding carboxylic acids is 1. The molecule has 2 aliphatic rings. The number of carbonyl (C=O) groups is 2. The van der Waals surface area contributed by atoms with Crippen molar-refractivity contribution in [1.82, 2.24) is 9.21 Å². The number of benzene rings is 1. The van der Waals surface area contributed by atoms with Crippen molar-refractivity contribution in [3.8, 4) is 0 Å². The van der Waals surface area contributed by atoms with Gasteiger partial charge in [-0.1, -0.05) is 12.1 Å². The fraction of sp³-hybridized carbons (Fsp3) is 0.529. The SMILES string of the molecule is CC(=O)N1CCN(S(=O)(=O)c2ccc(CC3CC3)cc2)[C@@H](C(=O)O)C1. The maximum atomic E-state index is 12.9. The van der Waals surface area contributed by atoms with Gasteiger partial charge in [0, 0.05) is 26.6 Å². The minimum atomic E-state index is -3.92. The van der Waals surface area contributed by atoms with Gasteiger partial charge in [-0.2, -0.15) is 4.31 Å². The van der Waals surface area contributed by atoms with Crippen molar-refractivity contribution in [2.45, 2.75) is 37.1 Å². The molecule has 1 saturated carbocycles. The highest BCUT2D eigenvalue weighted by Gasteiger charge is 2.40. The van der Waals surface area contributed by atoms with E-state index in [1.54, 1.807) is 24.3 Å². The highest BCUT2D eigenvalue weighted by molar-refractivity contribution is 7.89. The smallest absolute Gasteiger partial charge is 0.323 e. The number of rotatable bonds is 5. The minimum Gasteiger partial charge on any atom is -0.480 e. The van der Waals surface area contributed by atoms with E-state index >= 15 is 0 Å². The molecule has 1 aliphatic carbocycles. The molecule has 1 aliphatic heterocycles. The summed E-state index contributed by atoms with van der Waals surface area (Å²) in [4.78, 5) is 24.5. The maximum absolute atomic E-state index is 12.9. The predicted octanol–water partition coefficient (Wildman–Crippen LogP) is 0.945. The van der Waals surface area contributed by atoms with Crippen molar-refractivity contribution in [3.05, 3.63) is 29.8 Å². The summed E-state index contributed by atoms with van der Waals surface area (Å²) in [5.74, 6) is -0.800. The van der Waals surface area contributed by atoms with Crippen molar-refractivity contribution < 1.29 is 23.1 Å². The number of nitrogens with zero attached hydrogens (tertiary/aromatic N) is 2. The molecule has 25 heavy (non-hydrogen) atoms. The molecule has 136 valence electrons. The highest BCUT2D eigenvalue weighted by Crippen LogP contribution is 2.33.